The summed E-state index contributed by atoms with van der Waals surface area (Å²) in [7, 11) is 1.88. The van der Waals surface area contributed by atoms with E-state index in [1.165, 1.54) is 23.4 Å². The van der Waals surface area contributed by atoms with Gasteiger partial charge in [0.1, 0.15) is 0 Å². The normalized spacial score (nSPS) is 24.1. The van der Waals surface area contributed by atoms with Crippen molar-refractivity contribution in [3.8, 4) is 0 Å². The quantitative estimate of drug-likeness (QED) is 0.918. The van der Waals surface area contributed by atoms with E-state index in [2.05, 4.69) is 12.2 Å². The van der Waals surface area contributed by atoms with Crippen molar-refractivity contribution in [3.05, 3.63) is 15.6 Å². The molecule has 0 radical (unpaired) electrons. The largest absolute Gasteiger partial charge is 0.376 e. The Bertz CT molecular complexity index is 540. The highest BCUT2D eigenvalue weighted by atomic mass is 32.1. The number of likely N-dealkylation sites (N-methyl/N-ethyl adjacent to an activating group) is 1. The highest BCUT2D eigenvalue weighted by Gasteiger charge is 2.26. The molecule has 0 aromatic carbocycles. The van der Waals surface area contributed by atoms with Crippen LogP contribution >= 0.6 is 11.3 Å². The van der Waals surface area contributed by atoms with Crippen LogP contribution in [0.25, 0.3) is 0 Å². The van der Waals surface area contributed by atoms with Crippen LogP contribution in [0.1, 0.15) is 53.6 Å². The van der Waals surface area contributed by atoms with Gasteiger partial charge in [0.25, 0.3) is 0 Å². The number of hydrogen-bond donors (Lipinski definition) is 1. The number of hydrogen-bond acceptors (Lipinski definition) is 4. The second kappa shape index (κ2) is 7.62. The van der Waals surface area contributed by atoms with Crippen molar-refractivity contribution < 1.29 is 9.53 Å². The molecule has 5 nitrogen and oxygen atoms in total. The number of fused-ring (bicyclic) bond motifs is 1. The summed E-state index contributed by atoms with van der Waals surface area (Å²) >= 11 is 1.81. The average molecular weight is 337 g/mol. The Labute approximate surface area is 142 Å². The number of aryl methyl sites for hydroxylation is 2. The Hall–Kier alpha value is -1.14. The fraction of sp³-hybridized carbons (Fsp3) is 0.765. The number of nitrogens with one attached hydrogen (secondary N) is 1. The van der Waals surface area contributed by atoms with Crippen LogP contribution in [0.3, 0.4) is 0 Å². The van der Waals surface area contributed by atoms with Gasteiger partial charge in [0, 0.05) is 37.5 Å². The molecule has 1 aliphatic carbocycles. The van der Waals surface area contributed by atoms with Gasteiger partial charge >= 0.3 is 6.03 Å². The number of amides is 2. The predicted molar refractivity (Wildman–Crippen MR) is 92.1 cm³/mol. The van der Waals surface area contributed by atoms with Crippen LogP contribution in [0.15, 0.2) is 0 Å². The first-order valence-corrected chi connectivity index (χ1v) is 9.52. The van der Waals surface area contributed by atoms with Gasteiger partial charge in [-0.25, -0.2) is 9.78 Å². The maximum absolute atomic E-state index is 12.3. The summed E-state index contributed by atoms with van der Waals surface area (Å²) in [6.07, 6.45) is 7.04. The van der Waals surface area contributed by atoms with E-state index in [-0.39, 0.29) is 12.1 Å². The van der Waals surface area contributed by atoms with Crippen molar-refractivity contribution >= 4 is 17.4 Å². The van der Waals surface area contributed by atoms with Crippen molar-refractivity contribution in [2.75, 3.05) is 26.7 Å². The summed E-state index contributed by atoms with van der Waals surface area (Å²) in [6.45, 7) is 4.26. The average Bonchev–Trinajstić information content (AvgIpc) is 2.95. The number of nitrogens with zero attached hydrogens (tertiary/aromatic N) is 2. The molecule has 1 N–H and O–H groups in total. The molecule has 0 spiro atoms. The number of ether oxygens (including phenoxy) is 1. The van der Waals surface area contributed by atoms with Crippen molar-refractivity contribution in [2.24, 2.45) is 0 Å². The first-order valence-electron chi connectivity index (χ1n) is 8.70. The Morgan fingerprint density at radius 2 is 2.26 bits per heavy atom. The summed E-state index contributed by atoms with van der Waals surface area (Å²) in [6, 6.07) is -0.00162. The summed E-state index contributed by atoms with van der Waals surface area (Å²) in [5.74, 6) is 0.380. The number of carbonyl (C=O) groups excluding carboxylic acids is 1. The minimum atomic E-state index is -0.00162. The molecule has 2 amide bonds. The van der Waals surface area contributed by atoms with Crippen LogP contribution in [0, 0.1) is 6.92 Å². The smallest absolute Gasteiger partial charge is 0.317 e. The van der Waals surface area contributed by atoms with E-state index >= 15 is 0 Å². The lowest BCUT2D eigenvalue weighted by Crippen LogP contribution is -2.43. The summed E-state index contributed by atoms with van der Waals surface area (Å²) in [5.41, 5.74) is 1.23. The zero-order valence-electron chi connectivity index (χ0n) is 14.1. The highest BCUT2D eigenvalue weighted by Crippen LogP contribution is 2.34. The van der Waals surface area contributed by atoms with E-state index < -0.39 is 0 Å². The molecule has 0 unspecified atom stereocenters. The lowest BCUT2D eigenvalue weighted by atomic mass is 9.90. The first-order chi connectivity index (χ1) is 11.1. The van der Waals surface area contributed by atoms with Gasteiger partial charge < -0.3 is 15.0 Å². The lowest BCUT2D eigenvalue weighted by molar-refractivity contribution is 0.0178. The second-order valence-corrected chi connectivity index (χ2v) is 7.97. The maximum atomic E-state index is 12.3. The Morgan fingerprint density at radius 1 is 1.39 bits per heavy atom. The molecular weight excluding hydrogens is 310 g/mol. The summed E-state index contributed by atoms with van der Waals surface area (Å²) in [4.78, 5) is 20.2. The topological polar surface area (TPSA) is 54.5 Å². The van der Waals surface area contributed by atoms with Crippen molar-refractivity contribution in [3.63, 3.8) is 0 Å². The van der Waals surface area contributed by atoms with Crippen LogP contribution in [0.2, 0.25) is 0 Å². The maximum Gasteiger partial charge on any atom is 0.317 e. The molecule has 128 valence electrons. The van der Waals surface area contributed by atoms with E-state index in [1.807, 2.05) is 18.4 Å². The molecular formula is C17H27N3O2S. The molecule has 1 aliphatic heterocycles. The lowest BCUT2D eigenvalue weighted by Gasteiger charge is -2.28. The van der Waals surface area contributed by atoms with E-state index in [0.717, 1.165) is 43.8 Å². The minimum absolute atomic E-state index is 0.00162. The third-order valence-corrected chi connectivity index (χ3v) is 5.82. The molecule has 0 saturated carbocycles. The van der Waals surface area contributed by atoms with Gasteiger partial charge in [-0.2, -0.15) is 0 Å². The Morgan fingerprint density at radius 3 is 3.04 bits per heavy atom. The third kappa shape index (κ3) is 4.23. The van der Waals surface area contributed by atoms with Crippen LogP contribution in [-0.2, 0) is 11.2 Å². The van der Waals surface area contributed by atoms with Gasteiger partial charge in [0.05, 0.1) is 16.8 Å². The van der Waals surface area contributed by atoms with Gasteiger partial charge in [0.2, 0.25) is 0 Å². The zero-order valence-corrected chi connectivity index (χ0v) is 15.0. The van der Waals surface area contributed by atoms with Gasteiger partial charge in [-0.3, -0.25) is 0 Å². The number of aromatic nitrogens is 1. The fourth-order valence-electron chi connectivity index (χ4n) is 3.52. The van der Waals surface area contributed by atoms with Gasteiger partial charge in [-0.05, 0) is 45.4 Å². The summed E-state index contributed by atoms with van der Waals surface area (Å²) in [5, 5.41) is 4.16. The molecule has 1 fully saturated rings. The molecule has 2 aliphatic rings. The summed E-state index contributed by atoms with van der Waals surface area (Å²) < 4.78 is 5.67. The second-order valence-electron chi connectivity index (χ2n) is 6.69. The van der Waals surface area contributed by atoms with E-state index in [9.17, 15) is 4.79 Å². The number of urea groups is 1. The van der Waals surface area contributed by atoms with Gasteiger partial charge in [0.15, 0.2) is 0 Å². The molecule has 3 rings (SSSR count). The molecule has 1 aromatic heterocycles. The monoisotopic (exact) mass is 337 g/mol. The van der Waals surface area contributed by atoms with Gasteiger partial charge in [-0.15, -0.1) is 11.3 Å². The van der Waals surface area contributed by atoms with Crippen LogP contribution < -0.4 is 5.32 Å². The van der Waals surface area contributed by atoms with E-state index in [0.29, 0.717) is 12.5 Å². The first kappa shape index (κ1) is 16.7. The zero-order chi connectivity index (χ0) is 16.2. The highest BCUT2D eigenvalue weighted by molar-refractivity contribution is 7.11. The number of rotatable bonds is 4. The van der Waals surface area contributed by atoms with Crippen molar-refractivity contribution in [1.82, 2.24) is 15.2 Å². The molecule has 1 saturated heterocycles. The molecule has 2 heterocycles. The van der Waals surface area contributed by atoms with Gasteiger partial charge in [-0.1, -0.05) is 0 Å². The SMILES string of the molecule is Cc1nc2c(s1)CCC[C@@H]2CN(C)C(=O)NC[C@H]1CCCCO1. The van der Waals surface area contributed by atoms with Crippen LogP contribution in [0.4, 0.5) is 4.79 Å². The predicted octanol–water partition coefficient (Wildman–Crippen LogP) is 3.08. The van der Waals surface area contributed by atoms with Crippen LogP contribution in [0.5, 0.6) is 0 Å². The van der Waals surface area contributed by atoms with Crippen LogP contribution in [-0.4, -0.2) is 48.8 Å². The third-order valence-electron chi connectivity index (χ3n) is 4.77. The molecule has 2 atom stereocenters. The fourth-order valence-corrected chi connectivity index (χ4v) is 4.59. The van der Waals surface area contributed by atoms with Crippen molar-refractivity contribution in [2.45, 2.75) is 57.5 Å². The van der Waals surface area contributed by atoms with E-state index in [4.69, 9.17) is 9.72 Å². The number of thiazole rings is 1. The molecule has 0 bridgehead atoms. The standard InChI is InChI=1S/C17H27N3O2S/c1-12-19-16-13(6-5-8-15(16)23-12)11-20(2)17(21)18-10-14-7-3-4-9-22-14/h13-14H,3-11H2,1-2H3,(H,18,21)/t13-,14-/m1/s1. The molecule has 23 heavy (non-hydrogen) atoms. The molecule has 1 aromatic rings. The Kier molecular flexibility index (Phi) is 5.54. The Balaban J connectivity index is 1.50. The molecule has 6 heteroatoms. The minimum Gasteiger partial charge on any atom is -0.376 e. The van der Waals surface area contributed by atoms with E-state index in [1.54, 1.807) is 4.90 Å². The van der Waals surface area contributed by atoms with Crippen molar-refractivity contribution in [1.29, 1.82) is 0 Å². The number of carbonyl (C=O) groups is 1.